The summed E-state index contributed by atoms with van der Waals surface area (Å²) < 4.78 is 74.3. The van der Waals surface area contributed by atoms with Crippen LogP contribution in [0.15, 0.2) is 0 Å². The van der Waals surface area contributed by atoms with Crippen LogP contribution in [0.25, 0.3) is 0 Å². The van der Waals surface area contributed by atoms with Crippen LogP contribution in [0.1, 0.15) is 20.8 Å². The second kappa shape index (κ2) is 29.3. The Balaban J connectivity index is 1.12. The molecule has 7 fully saturated rings. The number of hydrogen-bond donors (Lipinski definition) is 22. The van der Waals surface area contributed by atoms with Gasteiger partial charge in [-0.2, -0.15) is 0 Å². The quantitative estimate of drug-likeness (QED) is 0.0538. The lowest BCUT2D eigenvalue weighted by atomic mass is 9.94. The van der Waals surface area contributed by atoms with Crippen molar-refractivity contribution in [3.63, 3.8) is 0 Å². The number of ether oxygens (including phenoxy) is 13. The molecule has 0 aromatic rings. The number of hydrogen-bond acceptors (Lipinski definition) is 35. The molecule has 0 aromatic carbocycles. The molecule has 0 aliphatic carbocycles. The third-order valence-corrected chi connectivity index (χ3v) is 15.2. The lowest BCUT2D eigenvalue weighted by Gasteiger charge is -2.50. The van der Waals surface area contributed by atoms with Gasteiger partial charge in [0.1, 0.15) is 165 Å². The van der Waals surface area contributed by atoms with Crippen molar-refractivity contribution in [2.75, 3.05) is 39.6 Å². The van der Waals surface area contributed by atoms with Gasteiger partial charge in [0.15, 0.2) is 44.0 Å². The maximum Gasteiger partial charge on any atom is 0.217 e. The van der Waals surface area contributed by atoms with E-state index in [-0.39, 0.29) is 0 Å². The summed E-state index contributed by atoms with van der Waals surface area (Å²) in [6.45, 7) is -2.04. The lowest BCUT2D eigenvalue weighted by Crippen LogP contribution is -2.70. The number of rotatable bonds is 20. The van der Waals surface area contributed by atoms with E-state index in [1.807, 2.05) is 0 Å². The zero-order chi connectivity index (χ0) is 61.2. The molecule has 2 amide bonds. The molecule has 22 N–H and O–H groups in total. The van der Waals surface area contributed by atoms with Crippen LogP contribution in [0.5, 0.6) is 0 Å². The van der Waals surface area contributed by atoms with Gasteiger partial charge in [0.05, 0.1) is 45.7 Å². The Kier molecular flexibility index (Phi) is 24.0. The van der Waals surface area contributed by atoms with Gasteiger partial charge in [0.2, 0.25) is 11.8 Å². The van der Waals surface area contributed by atoms with E-state index in [9.17, 15) is 112 Å². The summed E-state index contributed by atoms with van der Waals surface area (Å²) in [5.74, 6) is -1.65. The second-order valence-corrected chi connectivity index (χ2v) is 21.1. The maximum atomic E-state index is 12.8. The van der Waals surface area contributed by atoms with Crippen LogP contribution in [0.2, 0.25) is 0 Å². The minimum absolute atomic E-state index is 0.757. The van der Waals surface area contributed by atoms with Crippen LogP contribution < -0.4 is 10.6 Å². The van der Waals surface area contributed by atoms with Crippen molar-refractivity contribution >= 4 is 11.8 Å². The fourth-order valence-corrected chi connectivity index (χ4v) is 10.4. The number of aliphatic hydroxyl groups excluding tert-OH is 20. The molecule has 1 unspecified atom stereocenters. The Bertz CT molecular complexity index is 2040. The van der Waals surface area contributed by atoms with Crippen molar-refractivity contribution in [1.82, 2.24) is 10.6 Å². The molecule has 7 rings (SSSR count). The molecular weight excluding hydrogens is 1140 g/mol. The predicted molar refractivity (Wildman–Crippen MR) is 254 cm³/mol. The Labute approximate surface area is 470 Å². The molecule has 0 bridgehead atoms. The van der Waals surface area contributed by atoms with E-state index in [2.05, 4.69) is 10.6 Å². The van der Waals surface area contributed by atoms with Crippen LogP contribution in [-0.2, 0) is 71.2 Å². The predicted octanol–water partition coefficient (Wildman–Crippen LogP) is -15.0. The average molecular weight is 1220 g/mol. The Morgan fingerprint density at radius 2 is 0.687 bits per heavy atom. The van der Waals surface area contributed by atoms with E-state index in [1.165, 1.54) is 6.92 Å². The molecule has 0 aromatic heterocycles. The molecular formula is C46H78N2O35. The number of aliphatic hydroxyl groups is 20. The van der Waals surface area contributed by atoms with Crippen molar-refractivity contribution in [3.8, 4) is 0 Å². The minimum Gasteiger partial charge on any atom is -0.394 e. The third-order valence-electron chi connectivity index (χ3n) is 15.2. The Hall–Kier alpha value is -2.38. The summed E-state index contributed by atoms with van der Waals surface area (Å²) in [4.78, 5) is 25.0. The standard InChI is InChI=1S/C46H78N2O35/c1-10-21(54)28(61)32(65)42(74-10)73-9-18-38(26(59)19(40(70)75-18)47-11(2)52)81-41-20(48-12(3)53)27(60)37(15(6-51)78-41)82-46-36(69)39(83-45-35(68)30(63)23(56)14(5-50)77-45)25(58)17(80-46)8-72-44-34(67)31(64)24(57)16(79-44)7-71-43-33(66)29(62)22(55)13(4-49)76-43/h10,13-46,49-51,54-70H,4-9H2,1-3H3,(H,47,52)(H,48,53)/t10-,13+,14+,15+,16+,17+,18+,19+,20+,21+,22-,23+,24+,25+,26+,27+,28+,29-,30-,31-,32-,33+,34-,35-,36-,37+,38+,39-,40?,41-,42+,43+,44-,45+,46-/m0/s1. The van der Waals surface area contributed by atoms with E-state index in [0.717, 1.165) is 13.8 Å². The van der Waals surface area contributed by atoms with Crippen molar-refractivity contribution in [1.29, 1.82) is 0 Å². The summed E-state index contributed by atoms with van der Waals surface area (Å²) in [6.07, 6.45) is -62.2. The van der Waals surface area contributed by atoms with E-state index < -0.39 is 266 Å². The van der Waals surface area contributed by atoms with Gasteiger partial charge in [-0.3, -0.25) is 9.59 Å². The van der Waals surface area contributed by atoms with Crippen molar-refractivity contribution in [3.05, 3.63) is 0 Å². The van der Waals surface area contributed by atoms with Gasteiger partial charge in [0, 0.05) is 13.8 Å². The normalized spacial score (nSPS) is 50.8. The van der Waals surface area contributed by atoms with Gasteiger partial charge in [-0.1, -0.05) is 0 Å². The molecule has 0 saturated carbocycles. The van der Waals surface area contributed by atoms with Crippen LogP contribution in [0.3, 0.4) is 0 Å². The first-order valence-electron chi connectivity index (χ1n) is 26.5. The molecule has 35 atom stereocenters. The molecule has 83 heavy (non-hydrogen) atoms. The fraction of sp³-hybridized carbons (Fsp3) is 0.957. The monoisotopic (exact) mass is 1220 g/mol. The highest BCUT2D eigenvalue weighted by atomic mass is 16.8. The van der Waals surface area contributed by atoms with E-state index in [0.29, 0.717) is 0 Å². The number of amides is 2. The van der Waals surface area contributed by atoms with E-state index in [4.69, 9.17) is 61.6 Å². The number of nitrogens with one attached hydrogen (secondary N) is 2. The van der Waals surface area contributed by atoms with Crippen LogP contribution in [0, 0.1) is 0 Å². The van der Waals surface area contributed by atoms with Gasteiger partial charge in [-0.25, -0.2) is 0 Å². The van der Waals surface area contributed by atoms with Crippen molar-refractivity contribution in [2.24, 2.45) is 0 Å². The first kappa shape index (κ1) is 68.1. The molecule has 7 aliphatic rings. The minimum atomic E-state index is -2.31. The van der Waals surface area contributed by atoms with Gasteiger partial charge < -0.3 is 174 Å². The number of carbonyl (C=O) groups excluding carboxylic acids is 2. The van der Waals surface area contributed by atoms with Crippen molar-refractivity contribution in [2.45, 2.75) is 236 Å². The van der Waals surface area contributed by atoms with Gasteiger partial charge in [-0.05, 0) is 6.92 Å². The second-order valence-electron chi connectivity index (χ2n) is 21.1. The third kappa shape index (κ3) is 15.0. The Morgan fingerprint density at radius 3 is 1.20 bits per heavy atom. The highest BCUT2D eigenvalue weighted by molar-refractivity contribution is 5.73. The summed E-state index contributed by atoms with van der Waals surface area (Å²) in [7, 11) is 0. The molecule has 0 radical (unpaired) electrons. The highest BCUT2D eigenvalue weighted by Gasteiger charge is 2.57. The van der Waals surface area contributed by atoms with Crippen LogP contribution >= 0.6 is 0 Å². The smallest absolute Gasteiger partial charge is 0.217 e. The topological polar surface area (TPSA) is 583 Å². The zero-order valence-corrected chi connectivity index (χ0v) is 44.5. The average Bonchev–Trinajstić information content (AvgIpc) is 3.62. The van der Waals surface area contributed by atoms with E-state index >= 15 is 0 Å². The number of carbonyl (C=O) groups is 2. The molecule has 7 heterocycles. The van der Waals surface area contributed by atoms with Crippen molar-refractivity contribution < 1.29 is 173 Å². The largest absolute Gasteiger partial charge is 0.394 e. The van der Waals surface area contributed by atoms with Gasteiger partial charge in [-0.15, -0.1) is 0 Å². The summed E-state index contributed by atoms with van der Waals surface area (Å²) in [6, 6.07) is -3.49. The zero-order valence-electron chi connectivity index (χ0n) is 44.5. The van der Waals surface area contributed by atoms with Crippen LogP contribution in [-0.4, -0.2) is 368 Å². The first-order chi connectivity index (χ1) is 39.1. The SMILES string of the molecule is CC(=O)N[C@H]1[C@H](O[C@H]2[C@H](O)[C@@H](NC(C)=O)C(O)O[C@@H]2CO[C@@H]2O[C@@H](C)[C@@H](O)[C@@H](O)[C@@H]2O)O[C@H](CO)[C@@H](O[C@@H]2O[C@H](CO[C@H]3O[C@H](CO[C@@H]4O[C@H](CO)[C@H](O)[C@H](O)[C@H]4O)[C@@H](O)[C@H](O)[C@@H]3O)[C@@H](O)[C@H](O[C@H]3O[C@H](CO)[C@@H](O)[C@H](O)[C@@H]3O)[C@@H]2O)[C@@H]1O. The first-order valence-corrected chi connectivity index (χ1v) is 26.5. The molecule has 7 saturated heterocycles. The summed E-state index contributed by atoms with van der Waals surface area (Å²) >= 11 is 0. The molecule has 482 valence electrons. The van der Waals surface area contributed by atoms with Gasteiger partial charge in [0.25, 0.3) is 0 Å². The summed E-state index contributed by atoms with van der Waals surface area (Å²) in [5.41, 5.74) is 0. The van der Waals surface area contributed by atoms with E-state index in [1.54, 1.807) is 0 Å². The molecule has 7 aliphatic heterocycles. The lowest BCUT2D eigenvalue weighted by molar-refractivity contribution is -0.384. The van der Waals surface area contributed by atoms with Gasteiger partial charge >= 0.3 is 0 Å². The highest BCUT2D eigenvalue weighted by Crippen LogP contribution is 2.36. The maximum absolute atomic E-state index is 12.8. The molecule has 37 nitrogen and oxygen atoms in total. The summed E-state index contributed by atoms with van der Waals surface area (Å²) in [5, 5.41) is 220. The van der Waals surface area contributed by atoms with Crippen LogP contribution in [0.4, 0.5) is 0 Å². The molecule has 0 spiro atoms. The Morgan fingerprint density at radius 1 is 0.337 bits per heavy atom. The molecule has 37 heteroatoms. The fourth-order valence-electron chi connectivity index (χ4n) is 10.4.